The molecule has 5 heteroatoms. The van der Waals surface area contributed by atoms with Crippen LogP contribution in [0.2, 0.25) is 0 Å². The van der Waals surface area contributed by atoms with Crippen LogP contribution >= 0.6 is 0 Å². The molecule has 3 rings (SSSR count). The Morgan fingerprint density at radius 2 is 1.50 bits per heavy atom. The van der Waals surface area contributed by atoms with Crippen LogP contribution in [0.15, 0.2) is 70.4 Å². The van der Waals surface area contributed by atoms with E-state index in [1.54, 1.807) is 36.4 Å². The normalized spacial score (nSPS) is 11.5. The van der Waals surface area contributed by atoms with Crippen LogP contribution in [0, 0.1) is 5.82 Å². The zero-order valence-corrected chi connectivity index (χ0v) is 12.6. The molecule has 0 fully saturated rings. The molecule has 22 heavy (non-hydrogen) atoms. The van der Waals surface area contributed by atoms with Gasteiger partial charge in [-0.3, -0.25) is 0 Å². The van der Waals surface area contributed by atoms with Gasteiger partial charge < -0.3 is 4.42 Å². The third-order valence-electron chi connectivity index (χ3n) is 3.39. The first-order chi connectivity index (χ1) is 10.5. The van der Waals surface area contributed by atoms with Gasteiger partial charge in [0.2, 0.25) is 0 Å². The third kappa shape index (κ3) is 2.67. The van der Waals surface area contributed by atoms with Gasteiger partial charge in [-0.15, -0.1) is 0 Å². The Hall–Kier alpha value is -2.40. The molecule has 0 radical (unpaired) electrons. The lowest BCUT2D eigenvalue weighted by atomic mass is 9.99. The zero-order valence-electron chi connectivity index (χ0n) is 11.8. The molecule has 0 aliphatic carbocycles. The van der Waals surface area contributed by atoms with Gasteiger partial charge in [-0.1, -0.05) is 30.3 Å². The maximum Gasteiger partial charge on any atom is 0.176 e. The number of rotatable bonds is 3. The van der Waals surface area contributed by atoms with Gasteiger partial charge in [0.25, 0.3) is 0 Å². The van der Waals surface area contributed by atoms with Crippen LogP contribution in [0.3, 0.4) is 0 Å². The Balaban J connectivity index is 2.20. The van der Waals surface area contributed by atoms with Crippen molar-refractivity contribution in [1.29, 1.82) is 0 Å². The van der Waals surface area contributed by atoms with Crippen LogP contribution in [-0.2, 0) is 9.84 Å². The molecule has 0 spiro atoms. The second kappa shape index (κ2) is 5.42. The molecule has 0 aliphatic rings. The van der Waals surface area contributed by atoms with Gasteiger partial charge in [-0.2, -0.15) is 0 Å². The summed E-state index contributed by atoms with van der Waals surface area (Å²) in [6, 6.07) is 12.7. The summed E-state index contributed by atoms with van der Waals surface area (Å²) >= 11 is 0. The van der Waals surface area contributed by atoms with Gasteiger partial charge in [-0.05, 0) is 23.8 Å². The second-order valence-electron chi connectivity index (χ2n) is 4.97. The largest absolute Gasteiger partial charge is 0.471 e. The highest BCUT2D eigenvalue weighted by Gasteiger charge is 2.18. The van der Waals surface area contributed by atoms with Crippen molar-refractivity contribution in [1.82, 2.24) is 0 Å². The molecule has 0 unspecified atom stereocenters. The van der Waals surface area contributed by atoms with Crippen molar-refractivity contribution in [2.75, 3.05) is 6.26 Å². The summed E-state index contributed by atoms with van der Waals surface area (Å²) in [5.74, 6) is -0.328. The lowest BCUT2D eigenvalue weighted by molar-refractivity contribution is 0.569. The summed E-state index contributed by atoms with van der Waals surface area (Å²) < 4.78 is 42.3. The molecular formula is C17H13FO3S. The molecule has 112 valence electrons. The third-order valence-corrected chi connectivity index (χ3v) is 4.55. The van der Waals surface area contributed by atoms with Gasteiger partial charge in [0.1, 0.15) is 5.82 Å². The van der Waals surface area contributed by atoms with E-state index in [2.05, 4.69) is 0 Å². The number of sulfone groups is 1. The smallest absolute Gasteiger partial charge is 0.176 e. The van der Waals surface area contributed by atoms with Crippen LogP contribution in [0.5, 0.6) is 0 Å². The van der Waals surface area contributed by atoms with Gasteiger partial charge >= 0.3 is 0 Å². The Bertz CT molecular complexity index is 909. The molecular weight excluding hydrogens is 303 g/mol. The van der Waals surface area contributed by atoms with Gasteiger partial charge in [0, 0.05) is 22.9 Å². The predicted molar refractivity (Wildman–Crippen MR) is 82.6 cm³/mol. The first-order valence-corrected chi connectivity index (χ1v) is 8.47. The SMILES string of the molecule is CS(=O)(=O)c1ccccc1-c1cocc1-c1ccc(F)cc1. The van der Waals surface area contributed by atoms with E-state index in [1.807, 2.05) is 0 Å². The van der Waals surface area contributed by atoms with Crippen molar-refractivity contribution in [3.63, 3.8) is 0 Å². The highest BCUT2D eigenvalue weighted by Crippen LogP contribution is 2.36. The summed E-state index contributed by atoms with van der Waals surface area (Å²) in [7, 11) is -3.37. The summed E-state index contributed by atoms with van der Waals surface area (Å²) in [5.41, 5.74) is 2.70. The molecule has 0 N–H and O–H groups in total. The van der Waals surface area contributed by atoms with Crippen molar-refractivity contribution in [2.45, 2.75) is 4.90 Å². The number of benzene rings is 2. The van der Waals surface area contributed by atoms with E-state index in [1.165, 1.54) is 30.9 Å². The fourth-order valence-electron chi connectivity index (χ4n) is 2.37. The van der Waals surface area contributed by atoms with E-state index in [9.17, 15) is 12.8 Å². The average Bonchev–Trinajstić information content (AvgIpc) is 2.96. The van der Waals surface area contributed by atoms with Crippen LogP contribution in [0.25, 0.3) is 22.3 Å². The maximum absolute atomic E-state index is 13.1. The quantitative estimate of drug-likeness (QED) is 0.729. The summed E-state index contributed by atoms with van der Waals surface area (Å²) in [5, 5.41) is 0. The molecule has 3 aromatic rings. The zero-order chi connectivity index (χ0) is 15.7. The molecule has 0 atom stereocenters. The summed E-state index contributed by atoms with van der Waals surface area (Å²) in [6.45, 7) is 0. The number of halogens is 1. The maximum atomic E-state index is 13.1. The minimum atomic E-state index is -3.37. The molecule has 0 amide bonds. The lowest BCUT2D eigenvalue weighted by Crippen LogP contribution is -1.99. The molecule has 3 nitrogen and oxygen atoms in total. The topological polar surface area (TPSA) is 47.3 Å². The van der Waals surface area contributed by atoms with E-state index in [-0.39, 0.29) is 10.7 Å². The molecule has 0 aliphatic heterocycles. The monoisotopic (exact) mass is 316 g/mol. The van der Waals surface area contributed by atoms with Crippen LogP contribution in [-0.4, -0.2) is 14.7 Å². The van der Waals surface area contributed by atoms with Crippen molar-refractivity contribution < 1.29 is 17.2 Å². The fourth-order valence-corrected chi connectivity index (χ4v) is 3.27. The van der Waals surface area contributed by atoms with Crippen LogP contribution in [0.1, 0.15) is 0 Å². The minimum absolute atomic E-state index is 0.236. The Morgan fingerprint density at radius 1 is 0.864 bits per heavy atom. The molecule has 1 aromatic heterocycles. The van der Waals surface area contributed by atoms with Gasteiger partial charge in [0.05, 0.1) is 17.4 Å². The summed E-state index contributed by atoms with van der Waals surface area (Å²) in [4.78, 5) is 0.236. The first-order valence-electron chi connectivity index (χ1n) is 6.58. The van der Waals surface area contributed by atoms with E-state index in [0.29, 0.717) is 11.1 Å². The van der Waals surface area contributed by atoms with E-state index >= 15 is 0 Å². The van der Waals surface area contributed by atoms with Gasteiger partial charge in [-0.25, -0.2) is 12.8 Å². The van der Waals surface area contributed by atoms with Crippen molar-refractivity contribution in [2.24, 2.45) is 0 Å². The van der Waals surface area contributed by atoms with E-state index in [0.717, 1.165) is 11.1 Å². The summed E-state index contributed by atoms with van der Waals surface area (Å²) in [6.07, 6.45) is 4.20. The Kier molecular flexibility index (Phi) is 3.58. The van der Waals surface area contributed by atoms with Crippen molar-refractivity contribution in [3.8, 4) is 22.3 Å². The Labute approximate surface area is 127 Å². The second-order valence-corrected chi connectivity index (χ2v) is 6.96. The lowest BCUT2D eigenvalue weighted by Gasteiger charge is -2.08. The highest BCUT2D eigenvalue weighted by molar-refractivity contribution is 7.90. The number of furan rings is 1. The van der Waals surface area contributed by atoms with E-state index in [4.69, 9.17) is 4.42 Å². The van der Waals surface area contributed by atoms with Crippen LogP contribution < -0.4 is 0 Å². The highest BCUT2D eigenvalue weighted by atomic mass is 32.2. The first kappa shape index (κ1) is 14.5. The van der Waals surface area contributed by atoms with Crippen molar-refractivity contribution >= 4 is 9.84 Å². The average molecular weight is 316 g/mol. The minimum Gasteiger partial charge on any atom is -0.471 e. The number of hydrogen-bond acceptors (Lipinski definition) is 3. The molecule has 2 aromatic carbocycles. The molecule has 0 saturated carbocycles. The Morgan fingerprint density at radius 3 is 2.18 bits per heavy atom. The molecule has 0 bridgehead atoms. The van der Waals surface area contributed by atoms with Crippen molar-refractivity contribution in [3.05, 3.63) is 66.9 Å². The molecule has 0 saturated heterocycles. The molecule has 1 heterocycles. The van der Waals surface area contributed by atoms with Gasteiger partial charge in [0.15, 0.2) is 9.84 Å². The fraction of sp³-hybridized carbons (Fsp3) is 0.0588. The predicted octanol–water partition coefficient (Wildman–Crippen LogP) is 4.16. The van der Waals surface area contributed by atoms with Crippen LogP contribution in [0.4, 0.5) is 4.39 Å². The number of hydrogen-bond donors (Lipinski definition) is 0. The van der Waals surface area contributed by atoms with E-state index < -0.39 is 9.84 Å². The standard InChI is InChI=1S/C17H13FO3S/c1-22(19,20)17-5-3-2-4-14(17)16-11-21-10-15(16)12-6-8-13(18)9-7-12/h2-11H,1H3.